The largest absolute Gasteiger partial charge is 0.479 e. The van der Waals surface area contributed by atoms with Gasteiger partial charge in [-0.15, -0.1) is 0 Å². The molecule has 4 N–H and O–H groups in total. The predicted molar refractivity (Wildman–Crippen MR) is 154 cm³/mol. The third-order valence-electron chi connectivity index (χ3n) is 10.3. The number of fused-ring (bicyclic) bond motifs is 5. The molecule has 3 saturated carbocycles. The molecule has 0 radical (unpaired) electrons. The van der Waals surface area contributed by atoms with E-state index in [4.69, 9.17) is 33.0 Å². The number of hydrogen-bond acceptors (Lipinski definition) is 7. The second-order valence-electron chi connectivity index (χ2n) is 12.4. The van der Waals surface area contributed by atoms with Crippen molar-refractivity contribution in [1.82, 2.24) is 0 Å². The van der Waals surface area contributed by atoms with Crippen molar-refractivity contribution in [3.8, 4) is 5.75 Å². The number of aliphatic carboxylic acids is 1. The van der Waals surface area contributed by atoms with Gasteiger partial charge >= 0.3 is 5.97 Å². The molecule has 0 heterocycles. The van der Waals surface area contributed by atoms with Gasteiger partial charge in [0.05, 0.1) is 11.1 Å². The number of carboxylic acids is 1. The fourth-order valence-electron chi connectivity index (χ4n) is 8.07. The van der Waals surface area contributed by atoms with Gasteiger partial charge in [-0.2, -0.15) is 0 Å². The summed E-state index contributed by atoms with van der Waals surface area (Å²) in [7, 11) is 0. The summed E-state index contributed by atoms with van der Waals surface area (Å²) < 4.78 is 21.9. The molecule has 0 aliphatic heterocycles. The highest BCUT2D eigenvalue weighted by Crippen LogP contribution is 2.70. The Labute approximate surface area is 254 Å². The molecule has 1 aromatic rings. The van der Waals surface area contributed by atoms with Crippen LogP contribution in [-0.2, 0) is 14.4 Å². The normalized spacial score (nSPS) is 39.1. The first kappa shape index (κ1) is 32.6. The number of rotatable bonds is 5. The predicted octanol–water partition coefficient (Wildman–Crippen LogP) is 4.74. The molecule has 3 fully saturated rings. The van der Waals surface area contributed by atoms with E-state index in [2.05, 4.69) is 0 Å². The minimum absolute atomic E-state index is 0.0676. The Morgan fingerprint density at radius 1 is 1.21 bits per heavy atom. The van der Waals surface area contributed by atoms with Gasteiger partial charge in [0, 0.05) is 21.8 Å². The third kappa shape index (κ3) is 4.81. The molecule has 4 aliphatic rings. The number of ketones is 2. The molecule has 0 aromatic heterocycles. The summed E-state index contributed by atoms with van der Waals surface area (Å²) in [5.74, 6) is -2.85. The zero-order valence-electron chi connectivity index (χ0n) is 23.9. The molecule has 0 bridgehead atoms. The summed E-state index contributed by atoms with van der Waals surface area (Å²) in [5.41, 5.74) is -5.17. The highest BCUT2D eigenvalue weighted by atomic mass is 35.5. The molecule has 0 spiro atoms. The van der Waals surface area contributed by atoms with Crippen LogP contribution in [0.15, 0.2) is 42.0 Å². The first-order chi connectivity index (χ1) is 19.5. The van der Waals surface area contributed by atoms with Crippen molar-refractivity contribution in [2.45, 2.75) is 76.9 Å². The number of aliphatic hydroxyl groups is 3. The molecule has 0 saturated heterocycles. The average Bonchev–Trinajstić information content (AvgIpc) is 3.12. The van der Waals surface area contributed by atoms with E-state index in [1.807, 2.05) is 0 Å². The van der Waals surface area contributed by atoms with Crippen molar-refractivity contribution in [1.29, 1.82) is 0 Å². The molecular weight excluding hydrogens is 590 g/mol. The van der Waals surface area contributed by atoms with Crippen molar-refractivity contribution in [2.24, 2.45) is 28.6 Å². The zero-order chi connectivity index (χ0) is 31.4. The molecule has 9 atom stereocenters. The molecule has 1 unspecified atom stereocenters. The summed E-state index contributed by atoms with van der Waals surface area (Å²) in [6.07, 6.45) is 3.50. The Balaban J connectivity index is 0.000000244. The first-order valence-corrected chi connectivity index (χ1v) is 14.7. The number of alkyl halides is 1. The van der Waals surface area contributed by atoms with Gasteiger partial charge in [0.1, 0.15) is 18.0 Å². The molecule has 0 amide bonds. The highest BCUT2D eigenvalue weighted by Gasteiger charge is 2.75. The second-order valence-corrected chi connectivity index (χ2v) is 13.3. The summed E-state index contributed by atoms with van der Waals surface area (Å²) >= 11 is 11.4. The maximum absolute atomic E-state index is 16.9. The Bertz CT molecular complexity index is 1350. The fourth-order valence-corrected chi connectivity index (χ4v) is 8.53. The smallest absolute Gasteiger partial charge is 0.344 e. The monoisotopic (exact) mass is 626 g/mol. The maximum atomic E-state index is 16.9. The molecule has 4 aliphatic carbocycles. The lowest BCUT2D eigenvalue weighted by molar-refractivity contribution is -0.219. The Morgan fingerprint density at radius 3 is 2.48 bits per heavy atom. The van der Waals surface area contributed by atoms with Crippen LogP contribution < -0.4 is 4.74 Å². The van der Waals surface area contributed by atoms with E-state index < -0.39 is 64.5 Å². The number of Topliss-reactive ketones (excluding diaryl/α,β-unsaturated/α-hetero) is 1. The molecule has 230 valence electrons. The minimum Gasteiger partial charge on any atom is -0.479 e. The lowest BCUT2D eigenvalue weighted by atomic mass is 9.44. The van der Waals surface area contributed by atoms with Gasteiger partial charge in [0.15, 0.2) is 23.3 Å². The number of halogens is 3. The van der Waals surface area contributed by atoms with Gasteiger partial charge in [-0.3, -0.25) is 9.59 Å². The molecule has 1 aromatic carbocycles. The summed E-state index contributed by atoms with van der Waals surface area (Å²) in [5, 5.41) is 41.3. The van der Waals surface area contributed by atoms with Crippen LogP contribution in [0.5, 0.6) is 5.75 Å². The van der Waals surface area contributed by atoms with Gasteiger partial charge in [-0.1, -0.05) is 48.7 Å². The zero-order valence-corrected chi connectivity index (χ0v) is 25.5. The number of benzene rings is 1. The lowest BCUT2D eigenvalue weighted by Gasteiger charge is -2.62. The SMILES string of the molecule is CC(Oc1ccc(Cl)cc1Cl)C(=O)O.C[C@H]1C[C@H]2[C@@H]3CCC4=CC(=O)C=C[C@]4(C)[C@@]3(F)[C@@H](O)C[C@]2(C)[C@@]1(O)C(=O)CO. The highest BCUT2D eigenvalue weighted by molar-refractivity contribution is 6.35. The van der Waals surface area contributed by atoms with E-state index in [0.717, 1.165) is 0 Å². The molecule has 42 heavy (non-hydrogen) atoms. The van der Waals surface area contributed by atoms with E-state index in [-0.39, 0.29) is 18.1 Å². The topological polar surface area (TPSA) is 141 Å². The molecule has 8 nitrogen and oxygen atoms in total. The maximum Gasteiger partial charge on any atom is 0.344 e. The quantitative estimate of drug-likeness (QED) is 0.367. The van der Waals surface area contributed by atoms with Crippen molar-refractivity contribution in [3.05, 3.63) is 52.0 Å². The Morgan fingerprint density at radius 2 is 1.88 bits per heavy atom. The van der Waals surface area contributed by atoms with Crippen LogP contribution >= 0.6 is 23.2 Å². The number of carbonyl (C=O) groups is 3. The number of aliphatic hydroxyl groups excluding tert-OH is 2. The summed E-state index contributed by atoms with van der Waals surface area (Å²) in [6, 6.07) is 4.61. The molecule has 5 rings (SSSR count). The fraction of sp³-hybridized carbons (Fsp3) is 0.581. The summed E-state index contributed by atoms with van der Waals surface area (Å²) in [4.78, 5) is 34.9. The second kappa shape index (κ2) is 11.3. The van der Waals surface area contributed by atoms with Gasteiger partial charge in [0.25, 0.3) is 0 Å². The van der Waals surface area contributed by atoms with Crippen molar-refractivity contribution >= 4 is 40.7 Å². The number of hydrogen-bond donors (Lipinski definition) is 4. The third-order valence-corrected chi connectivity index (χ3v) is 10.9. The Kier molecular flexibility index (Phi) is 8.79. The van der Waals surface area contributed by atoms with Crippen LogP contribution in [-0.4, -0.2) is 68.0 Å². The van der Waals surface area contributed by atoms with Gasteiger partial charge in [0.2, 0.25) is 0 Å². The summed E-state index contributed by atoms with van der Waals surface area (Å²) in [6.45, 7) is 5.90. The molecular formula is C31H37Cl2FO8. The van der Waals surface area contributed by atoms with E-state index >= 15 is 4.39 Å². The number of carboxylic acid groups (broad SMARTS) is 1. The van der Waals surface area contributed by atoms with Crippen LogP contribution in [0.25, 0.3) is 0 Å². The lowest BCUT2D eigenvalue weighted by Crippen LogP contribution is -2.69. The number of allylic oxidation sites excluding steroid dienone is 4. The van der Waals surface area contributed by atoms with Crippen LogP contribution in [0.4, 0.5) is 4.39 Å². The number of carbonyl (C=O) groups excluding carboxylic acids is 2. The van der Waals surface area contributed by atoms with Crippen molar-refractivity contribution in [3.63, 3.8) is 0 Å². The van der Waals surface area contributed by atoms with Gasteiger partial charge in [-0.05, 0) is 81.7 Å². The van der Waals surface area contributed by atoms with E-state index in [0.29, 0.717) is 40.6 Å². The van der Waals surface area contributed by atoms with Gasteiger partial charge < -0.3 is 25.2 Å². The minimum atomic E-state index is -1.98. The standard InChI is InChI=1S/C22H29FO5.C9H8Cl2O3/c1-12-8-16-15-5-4-13-9-14(25)6-7-19(13,2)21(15,23)17(26)10-20(16,3)22(12,28)18(27)11-24;1-5(9(12)13)14-8-3-2-6(10)4-7(8)11/h6-7,9,12,15-17,24,26,28H,4-5,8,10-11H2,1-3H3;2-5H,1H3,(H,12,13)/t12-,15-,16-,17-,19-,20-,21-,22-;/m0./s1. The van der Waals surface area contributed by atoms with Crippen LogP contribution in [0.3, 0.4) is 0 Å². The van der Waals surface area contributed by atoms with Gasteiger partial charge in [-0.25, -0.2) is 9.18 Å². The van der Waals surface area contributed by atoms with E-state index in [1.165, 1.54) is 31.2 Å². The average molecular weight is 628 g/mol. The van der Waals surface area contributed by atoms with Crippen LogP contribution in [0.1, 0.15) is 53.4 Å². The number of ether oxygens (including phenoxy) is 1. The van der Waals surface area contributed by atoms with Crippen LogP contribution in [0, 0.1) is 28.6 Å². The van der Waals surface area contributed by atoms with E-state index in [1.54, 1.807) is 32.9 Å². The van der Waals surface area contributed by atoms with Crippen LogP contribution in [0.2, 0.25) is 10.0 Å². The van der Waals surface area contributed by atoms with E-state index in [9.17, 15) is 29.7 Å². The van der Waals surface area contributed by atoms with Crippen molar-refractivity contribution < 1.29 is 43.9 Å². The first-order valence-electron chi connectivity index (χ1n) is 14.0. The molecule has 11 heteroatoms. The Hall–Kier alpha value is -2.30. The van der Waals surface area contributed by atoms with Crippen molar-refractivity contribution in [2.75, 3.05) is 6.61 Å².